The van der Waals surface area contributed by atoms with E-state index >= 15 is 0 Å². The molecule has 0 bridgehead atoms. The van der Waals surface area contributed by atoms with Crippen molar-refractivity contribution in [2.75, 3.05) is 0 Å². The monoisotopic (exact) mass is 333 g/mol. The maximum Gasteiger partial charge on any atom is 0.150 e. The van der Waals surface area contributed by atoms with Gasteiger partial charge in [0.2, 0.25) is 0 Å². The van der Waals surface area contributed by atoms with Crippen LogP contribution in [0.3, 0.4) is 0 Å². The highest BCUT2D eigenvalue weighted by atomic mass is 79.9. The molecule has 2 aromatic rings. The average molecular weight is 335 g/mol. The molecule has 0 fully saturated rings. The first-order valence-corrected chi connectivity index (χ1v) is 6.70. The van der Waals surface area contributed by atoms with Gasteiger partial charge in [-0.25, -0.2) is 13.8 Å². The van der Waals surface area contributed by atoms with Gasteiger partial charge < -0.3 is 0 Å². The number of nitrogens with zero attached hydrogens (tertiary/aromatic N) is 1. The van der Waals surface area contributed by atoms with Gasteiger partial charge in [-0.15, -0.1) is 0 Å². The fourth-order valence-corrected chi connectivity index (χ4v) is 2.53. The number of hydrogen-bond acceptors (Lipinski definition) is 1. The summed E-state index contributed by atoms with van der Waals surface area (Å²) in [5.41, 5.74) is 0.655. The Hall–Kier alpha value is -0.740. The number of halogens is 4. The Morgan fingerprint density at radius 1 is 1.33 bits per heavy atom. The highest BCUT2D eigenvalue weighted by Crippen LogP contribution is 2.32. The van der Waals surface area contributed by atoms with Crippen LogP contribution in [-0.2, 0) is 6.42 Å². The van der Waals surface area contributed by atoms with E-state index in [1.807, 2.05) is 13.8 Å². The van der Waals surface area contributed by atoms with Gasteiger partial charge in [0.15, 0.2) is 5.82 Å². The molecule has 18 heavy (non-hydrogen) atoms. The summed E-state index contributed by atoms with van der Waals surface area (Å²) in [6.45, 7) is 4.05. The van der Waals surface area contributed by atoms with Crippen LogP contribution in [0.2, 0.25) is 5.02 Å². The summed E-state index contributed by atoms with van der Waals surface area (Å²) in [4.78, 5) is 4.16. The Balaban J connectivity index is 2.73. The van der Waals surface area contributed by atoms with E-state index in [-0.39, 0.29) is 20.4 Å². The first kappa shape index (κ1) is 13.7. The normalized spacial score (nSPS) is 11.5. The standard InChI is InChI=1S/C13H11BrClF2N/c1-6(2)3-7-4-9(15)11-12(17)8(14)5-10(16)13(11)18-7/h4-6H,3H2,1-2H3. The molecule has 0 aliphatic carbocycles. The molecule has 0 saturated heterocycles. The zero-order valence-electron chi connectivity index (χ0n) is 9.90. The Morgan fingerprint density at radius 2 is 2.00 bits per heavy atom. The van der Waals surface area contributed by atoms with Crippen LogP contribution in [0.25, 0.3) is 10.9 Å². The second-order valence-corrected chi connectivity index (χ2v) is 5.83. The van der Waals surface area contributed by atoms with Crippen molar-refractivity contribution in [3.63, 3.8) is 0 Å². The van der Waals surface area contributed by atoms with Gasteiger partial charge in [0.25, 0.3) is 0 Å². The largest absolute Gasteiger partial charge is 0.250 e. The van der Waals surface area contributed by atoms with Gasteiger partial charge in [-0.2, -0.15) is 0 Å². The van der Waals surface area contributed by atoms with Crippen molar-refractivity contribution in [1.29, 1.82) is 0 Å². The minimum Gasteiger partial charge on any atom is -0.250 e. The minimum absolute atomic E-state index is 0.0150. The Kier molecular flexibility index (Phi) is 3.87. The van der Waals surface area contributed by atoms with Gasteiger partial charge in [-0.1, -0.05) is 25.4 Å². The number of fused-ring (bicyclic) bond motifs is 1. The van der Waals surface area contributed by atoms with Gasteiger partial charge in [0, 0.05) is 5.69 Å². The number of hydrogen-bond donors (Lipinski definition) is 0. The predicted octanol–water partition coefficient (Wildman–Crippen LogP) is 5.13. The van der Waals surface area contributed by atoms with E-state index in [1.54, 1.807) is 6.07 Å². The summed E-state index contributed by atoms with van der Waals surface area (Å²) in [6, 6.07) is 2.67. The van der Waals surface area contributed by atoms with Gasteiger partial charge in [0.1, 0.15) is 11.3 Å². The molecule has 0 atom stereocenters. The molecular formula is C13H11BrClF2N. The van der Waals surface area contributed by atoms with E-state index in [1.165, 1.54) is 0 Å². The summed E-state index contributed by atoms with van der Waals surface area (Å²) in [7, 11) is 0. The maximum absolute atomic E-state index is 13.9. The highest BCUT2D eigenvalue weighted by molar-refractivity contribution is 9.10. The van der Waals surface area contributed by atoms with Crippen LogP contribution in [-0.4, -0.2) is 4.98 Å². The van der Waals surface area contributed by atoms with Crippen molar-refractivity contribution in [1.82, 2.24) is 4.98 Å². The molecule has 1 nitrogen and oxygen atoms in total. The summed E-state index contributed by atoms with van der Waals surface area (Å²) in [5.74, 6) is -0.792. The third kappa shape index (κ3) is 2.50. The third-order valence-electron chi connectivity index (χ3n) is 2.55. The molecule has 0 spiro atoms. The molecule has 96 valence electrons. The molecule has 5 heteroatoms. The molecule has 0 unspecified atom stereocenters. The van der Waals surface area contributed by atoms with Crippen LogP contribution >= 0.6 is 27.5 Å². The summed E-state index contributed by atoms with van der Waals surface area (Å²) in [5, 5.41) is 0.212. The fourth-order valence-electron chi connectivity index (χ4n) is 1.83. The highest BCUT2D eigenvalue weighted by Gasteiger charge is 2.16. The van der Waals surface area contributed by atoms with Gasteiger partial charge in [0.05, 0.1) is 14.9 Å². The lowest BCUT2D eigenvalue weighted by Gasteiger charge is -2.09. The van der Waals surface area contributed by atoms with Crippen LogP contribution in [0.4, 0.5) is 8.78 Å². The topological polar surface area (TPSA) is 12.9 Å². The van der Waals surface area contributed by atoms with Crippen molar-refractivity contribution < 1.29 is 8.78 Å². The minimum atomic E-state index is -0.583. The Morgan fingerprint density at radius 3 is 2.61 bits per heavy atom. The van der Waals surface area contributed by atoms with Gasteiger partial charge in [-0.05, 0) is 40.4 Å². The summed E-state index contributed by atoms with van der Waals surface area (Å²) >= 11 is 8.99. The van der Waals surface area contributed by atoms with Crippen molar-refractivity contribution in [2.24, 2.45) is 5.92 Å². The molecule has 1 heterocycles. The Labute approximate surface area is 117 Å². The summed E-state index contributed by atoms with van der Waals surface area (Å²) < 4.78 is 27.8. The molecule has 0 N–H and O–H groups in total. The van der Waals surface area contributed by atoms with Crippen LogP contribution < -0.4 is 0 Å². The number of pyridine rings is 1. The number of benzene rings is 1. The molecular weight excluding hydrogens is 324 g/mol. The molecule has 0 aliphatic heterocycles. The van der Waals surface area contributed by atoms with Gasteiger partial charge >= 0.3 is 0 Å². The van der Waals surface area contributed by atoms with E-state index in [9.17, 15) is 8.78 Å². The molecule has 2 rings (SSSR count). The van der Waals surface area contributed by atoms with Crippen LogP contribution in [0.1, 0.15) is 19.5 Å². The lowest BCUT2D eigenvalue weighted by molar-refractivity contribution is 0.606. The second kappa shape index (κ2) is 5.10. The lowest BCUT2D eigenvalue weighted by atomic mass is 10.1. The lowest BCUT2D eigenvalue weighted by Crippen LogP contribution is -2.00. The van der Waals surface area contributed by atoms with Gasteiger partial charge in [-0.3, -0.25) is 0 Å². The maximum atomic E-state index is 13.9. The van der Waals surface area contributed by atoms with Crippen LogP contribution in [0.5, 0.6) is 0 Å². The molecule has 1 aromatic carbocycles. The van der Waals surface area contributed by atoms with E-state index in [0.717, 1.165) is 6.07 Å². The SMILES string of the molecule is CC(C)Cc1cc(Cl)c2c(F)c(Br)cc(F)c2n1. The first-order chi connectivity index (χ1) is 8.40. The fraction of sp³-hybridized carbons (Fsp3) is 0.308. The molecule has 1 aromatic heterocycles. The third-order valence-corrected chi connectivity index (χ3v) is 3.43. The Bertz CT molecular complexity index is 614. The average Bonchev–Trinajstić information content (AvgIpc) is 2.24. The first-order valence-electron chi connectivity index (χ1n) is 5.52. The van der Waals surface area contributed by atoms with Crippen LogP contribution in [0.15, 0.2) is 16.6 Å². The van der Waals surface area contributed by atoms with E-state index in [0.29, 0.717) is 18.0 Å². The van der Waals surface area contributed by atoms with Crippen molar-refractivity contribution in [3.05, 3.63) is 39.0 Å². The summed E-state index contributed by atoms with van der Waals surface area (Å²) in [6.07, 6.45) is 0.673. The predicted molar refractivity (Wildman–Crippen MR) is 72.9 cm³/mol. The molecule has 0 saturated carbocycles. The van der Waals surface area contributed by atoms with E-state index in [2.05, 4.69) is 20.9 Å². The van der Waals surface area contributed by atoms with E-state index in [4.69, 9.17) is 11.6 Å². The quantitative estimate of drug-likeness (QED) is 0.694. The van der Waals surface area contributed by atoms with E-state index < -0.39 is 11.6 Å². The smallest absolute Gasteiger partial charge is 0.150 e. The second-order valence-electron chi connectivity index (χ2n) is 4.57. The molecule has 0 amide bonds. The van der Waals surface area contributed by atoms with Crippen molar-refractivity contribution in [3.8, 4) is 0 Å². The van der Waals surface area contributed by atoms with Crippen molar-refractivity contribution >= 4 is 38.4 Å². The molecule has 0 aliphatic rings. The number of rotatable bonds is 2. The van der Waals surface area contributed by atoms with Crippen molar-refractivity contribution in [2.45, 2.75) is 20.3 Å². The van der Waals surface area contributed by atoms with Crippen LogP contribution in [0, 0.1) is 17.6 Å². The zero-order valence-corrected chi connectivity index (χ0v) is 12.2. The molecule has 0 radical (unpaired) electrons. The zero-order chi connectivity index (χ0) is 13.4. The number of aromatic nitrogens is 1.